The summed E-state index contributed by atoms with van der Waals surface area (Å²) in [6.07, 6.45) is 1.93. The molecule has 0 bridgehead atoms. The summed E-state index contributed by atoms with van der Waals surface area (Å²) >= 11 is 0. The smallest absolute Gasteiger partial charge is 0.174 e. The molecule has 1 aromatic carbocycles. The van der Waals surface area contributed by atoms with Crippen molar-refractivity contribution in [3.05, 3.63) is 29.8 Å². The molecule has 102 valence electrons. The maximum Gasteiger partial charge on any atom is 0.174 e. The SMILES string of the molecule is N#CCOc1ccccc1CNC1CCS(=O)CC1. The Morgan fingerprint density at radius 1 is 1.37 bits per heavy atom. The summed E-state index contributed by atoms with van der Waals surface area (Å²) in [5, 5.41) is 12.0. The number of para-hydroxylation sites is 1. The lowest BCUT2D eigenvalue weighted by Gasteiger charge is -2.23. The number of rotatable bonds is 5. The van der Waals surface area contributed by atoms with E-state index in [1.807, 2.05) is 30.3 Å². The average molecular weight is 278 g/mol. The van der Waals surface area contributed by atoms with E-state index in [0.717, 1.165) is 42.2 Å². The fraction of sp³-hybridized carbons (Fsp3) is 0.500. The minimum Gasteiger partial charge on any atom is -0.478 e. The molecule has 0 atom stereocenters. The van der Waals surface area contributed by atoms with Gasteiger partial charge < -0.3 is 10.1 Å². The fourth-order valence-electron chi connectivity index (χ4n) is 2.15. The van der Waals surface area contributed by atoms with Crippen molar-refractivity contribution in [1.82, 2.24) is 5.32 Å². The molecule has 1 heterocycles. The first-order valence-electron chi connectivity index (χ1n) is 6.45. The number of hydrogen-bond acceptors (Lipinski definition) is 4. The van der Waals surface area contributed by atoms with Crippen LogP contribution in [0, 0.1) is 11.3 Å². The van der Waals surface area contributed by atoms with E-state index in [4.69, 9.17) is 10.00 Å². The van der Waals surface area contributed by atoms with Crippen LogP contribution in [-0.4, -0.2) is 28.4 Å². The molecule has 0 aromatic heterocycles. The van der Waals surface area contributed by atoms with Crippen LogP contribution in [0.1, 0.15) is 18.4 Å². The van der Waals surface area contributed by atoms with Gasteiger partial charge in [-0.1, -0.05) is 18.2 Å². The number of nitriles is 1. The topological polar surface area (TPSA) is 62.1 Å². The summed E-state index contributed by atoms with van der Waals surface area (Å²) in [5.41, 5.74) is 1.06. The van der Waals surface area contributed by atoms with Gasteiger partial charge in [0.25, 0.3) is 0 Å². The van der Waals surface area contributed by atoms with E-state index >= 15 is 0 Å². The van der Waals surface area contributed by atoms with Crippen LogP contribution < -0.4 is 10.1 Å². The van der Waals surface area contributed by atoms with Crippen molar-refractivity contribution in [1.29, 1.82) is 5.26 Å². The monoisotopic (exact) mass is 278 g/mol. The van der Waals surface area contributed by atoms with Gasteiger partial charge in [-0.15, -0.1) is 0 Å². The van der Waals surface area contributed by atoms with Crippen molar-refractivity contribution < 1.29 is 8.95 Å². The number of nitrogens with one attached hydrogen (secondary N) is 1. The first-order chi connectivity index (χ1) is 9.29. The third kappa shape index (κ3) is 4.34. The predicted molar refractivity (Wildman–Crippen MR) is 75.3 cm³/mol. The van der Waals surface area contributed by atoms with Crippen LogP contribution in [0.4, 0.5) is 0 Å². The average Bonchev–Trinajstić information content (AvgIpc) is 2.45. The second-order valence-corrected chi connectivity index (χ2v) is 6.25. The molecule has 0 unspecified atom stereocenters. The van der Waals surface area contributed by atoms with Gasteiger partial charge in [0.05, 0.1) is 0 Å². The van der Waals surface area contributed by atoms with E-state index in [1.165, 1.54) is 0 Å². The Morgan fingerprint density at radius 3 is 2.84 bits per heavy atom. The van der Waals surface area contributed by atoms with Gasteiger partial charge in [-0.25, -0.2) is 0 Å². The van der Waals surface area contributed by atoms with Crippen LogP contribution in [0.15, 0.2) is 24.3 Å². The van der Waals surface area contributed by atoms with Gasteiger partial charge in [-0.2, -0.15) is 5.26 Å². The number of ether oxygens (including phenoxy) is 1. The Labute approximate surface area is 116 Å². The molecule has 2 rings (SSSR count). The van der Waals surface area contributed by atoms with Crippen LogP contribution in [0.25, 0.3) is 0 Å². The lowest BCUT2D eigenvalue weighted by molar-refractivity contribution is 0.360. The normalized spacial score (nSPS) is 22.7. The molecule has 1 aromatic rings. The van der Waals surface area contributed by atoms with Gasteiger partial charge in [0.1, 0.15) is 11.8 Å². The number of hydrogen-bond donors (Lipinski definition) is 1. The first kappa shape index (κ1) is 14.0. The Morgan fingerprint density at radius 2 is 2.11 bits per heavy atom. The van der Waals surface area contributed by atoms with Gasteiger partial charge in [-0.05, 0) is 18.9 Å². The Bertz CT molecular complexity index is 475. The predicted octanol–water partition coefficient (Wildman–Crippen LogP) is 1.59. The highest BCUT2D eigenvalue weighted by molar-refractivity contribution is 7.85. The molecule has 1 fully saturated rings. The second kappa shape index (κ2) is 7.27. The molecule has 0 spiro atoms. The first-order valence-corrected chi connectivity index (χ1v) is 7.94. The molecule has 1 aliphatic heterocycles. The molecule has 19 heavy (non-hydrogen) atoms. The highest BCUT2D eigenvalue weighted by Crippen LogP contribution is 2.18. The molecular weight excluding hydrogens is 260 g/mol. The lowest BCUT2D eigenvalue weighted by atomic mass is 10.1. The van der Waals surface area contributed by atoms with Crippen molar-refractivity contribution in [2.45, 2.75) is 25.4 Å². The molecule has 0 radical (unpaired) electrons. The molecule has 1 saturated heterocycles. The Balaban J connectivity index is 1.88. The molecule has 1 aliphatic rings. The van der Waals surface area contributed by atoms with Crippen LogP contribution >= 0.6 is 0 Å². The highest BCUT2D eigenvalue weighted by Gasteiger charge is 2.17. The van der Waals surface area contributed by atoms with Gasteiger partial charge in [0, 0.05) is 40.5 Å². The van der Waals surface area contributed by atoms with Crippen molar-refractivity contribution >= 4 is 10.8 Å². The van der Waals surface area contributed by atoms with Crippen molar-refractivity contribution in [3.8, 4) is 11.8 Å². The maximum absolute atomic E-state index is 11.3. The van der Waals surface area contributed by atoms with E-state index in [2.05, 4.69) is 5.32 Å². The van der Waals surface area contributed by atoms with E-state index in [1.54, 1.807) is 0 Å². The van der Waals surface area contributed by atoms with Crippen molar-refractivity contribution in [3.63, 3.8) is 0 Å². The Hall–Kier alpha value is -1.38. The molecule has 4 nitrogen and oxygen atoms in total. The van der Waals surface area contributed by atoms with Crippen molar-refractivity contribution in [2.24, 2.45) is 0 Å². The maximum atomic E-state index is 11.3. The minimum atomic E-state index is -0.618. The molecule has 0 amide bonds. The molecular formula is C14H18N2O2S. The molecule has 0 saturated carbocycles. The number of nitrogens with zero attached hydrogens (tertiary/aromatic N) is 1. The summed E-state index contributed by atoms with van der Waals surface area (Å²) in [6.45, 7) is 0.790. The zero-order valence-electron chi connectivity index (χ0n) is 10.8. The van der Waals surface area contributed by atoms with Crippen LogP contribution in [-0.2, 0) is 17.3 Å². The van der Waals surface area contributed by atoms with Gasteiger partial charge in [-0.3, -0.25) is 4.21 Å². The van der Waals surface area contributed by atoms with E-state index in [9.17, 15) is 4.21 Å². The zero-order chi connectivity index (χ0) is 13.5. The van der Waals surface area contributed by atoms with Crippen molar-refractivity contribution in [2.75, 3.05) is 18.1 Å². The third-order valence-electron chi connectivity index (χ3n) is 3.23. The standard InChI is InChI=1S/C14H18N2O2S/c15-7-8-18-14-4-2-1-3-12(14)11-16-13-5-9-19(17)10-6-13/h1-4,13,16H,5-6,8-11H2. The molecule has 1 N–H and O–H groups in total. The third-order valence-corrected chi connectivity index (χ3v) is 4.62. The van der Waals surface area contributed by atoms with Crippen LogP contribution in [0.2, 0.25) is 0 Å². The van der Waals surface area contributed by atoms with E-state index < -0.39 is 10.8 Å². The quantitative estimate of drug-likeness (QED) is 0.888. The van der Waals surface area contributed by atoms with E-state index in [0.29, 0.717) is 6.04 Å². The summed E-state index contributed by atoms with van der Waals surface area (Å²) in [4.78, 5) is 0. The van der Waals surface area contributed by atoms with Gasteiger partial charge in [0.15, 0.2) is 6.61 Å². The van der Waals surface area contributed by atoms with E-state index in [-0.39, 0.29) is 6.61 Å². The van der Waals surface area contributed by atoms with Gasteiger partial charge >= 0.3 is 0 Å². The minimum absolute atomic E-state index is 0.0689. The lowest BCUT2D eigenvalue weighted by Crippen LogP contribution is -2.35. The largest absolute Gasteiger partial charge is 0.478 e. The van der Waals surface area contributed by atoms with Crippen LogP contribution in [0.5, 0.6) is 5.75 Å². The fourth-order valence-corrected chi connectivity index (χ4v) is 3.45. The van der Waals surface area contributed by atoms with Gasteiger partial charge in [0.2, 0.25) is 0 Å². The van der Waals surface area contributed by atoms with Crippen LogP contribution in [0.3, 0.4) is 0 Å². The Kier molecular flexibility index (Phi) is 5.37. The molecule has 5 heteroatoms. The summed E-state index contributed by atoms with van der Waals surface area (Å²) in [6, 6.07) is 10.2. The summed E-state index contributed by atoms with van der Waals surface area (Å²) < 4.78 is 16.7. The summed E-state index contributed by atoms with van der Waals surface area (Å²) in [7, 11) is -0.618. The molecule has 0 aliphatic carbocycles. The second-order valence-electron chi connectivity index (χ2n) is 4.56. The highest BCUT2D eigenvalue weighted by atomic mass is 32.2. The summed E-state index contributed by atoms with van der Waals surface area (Å²) in [5.74, 6) is 2.35. The number of benzene rings is 1. The zero-order valence-corrected chi connectivity index (χ0v) is 11.6.